The normalized spacial score (nSPS) is 11.7. The topological polar surface area (TPSA) is 59.9 Å². The van der Waals surface area contributed by atoms with Crippen molar-refractivity contribution in [1.82, 2.24) is 9.97 Å². The third kappa shape index (κ3) is 4.17. The first-order chi connectivity index (χ1) is 12.5. The fraction of sp³-hybridized carbons (Fsp3) is 0.238. The number of hydrogen-bond donors (Lipinski definition) is 0. The second kappa shape index (κ2) is 7.79. The van der Waals surface area contributed by atoms with Crippen LogP contribution in [-0.2, 0) is 22.7 Å². The smallest absolute Gasteiger partial charge is 0.180 e. The van der Waals surface area contributed by atoms with E-state index in [0.717, 1.165) is 29.8 Å². The lowest BCUT2D eigenvalue weighted by molar-refractivity contribution is 0.587. The maximum atomic E-state index is 12.2. The van der Waals surface area contributed by atoms with Gasteiger partial charge in [0.05, 0.1) is 27.7 Å². The highest BCUT2D eigenvalue weighted by molar-refractivity contribution is 7.92. The van der Waals surface area contributed by atoms with E-state index in [-0.39, 0.29) is 0 Å². The average molecular weight is 366 g/mol. The summed E-state index contributed by atoms with van der Waals surface area (Å²) in [5.41, 5.74) is 3.80. The minimum atomic E-state index is -3.26. The Labute approximate surface area is 154 Å². The number of rotatable bonds is 6. The summed E-state index contributed by atoms with van der Waals surface area (Å²) in [6, 6.07) is 17.1. The van der Waals surface area contributed by atoms with Crippen LogP contribution in [0.5, 0.6) is 0 Å². The molecule has 3 rings (SSSR count). The van der Waals surface area contributed by atoms with Gasteiger partial charge in [-0.1, -0.05) is 42.5 Å². The molecule has 26 heavy (non-hydrogen) atoms. The molecular formula is C21H22N2O2S. The van der Waals surface area contributed by atoms with Crippen LogP contribution < -0.4 is 0 Å². The van der Waals surface area contributed by atoms with Crippen molar-refractivity contribution in [2.45, 2.75) is 36.8 Å². The maximum Gasteiger partial charge on any atom is 0.180 e. The fourth-order valence-electron chi connectivity index (χ4n) is 2.67. The molecule has 0 amide bonds. The minimum absolute atomic E-state index is 0.337. The second-order valence-electron chi connectivity index (χ2n) is 6.50. The van der Waals surface area contributed by atoms with E-state index in [0.29, 0.717) is 4.90 Å². The number of nitrogens with zero attached hydrogens (tertiary/aromatic N) is 2. The zero-order chi connectivity index (χ0) is 18.6. The Morgan fingerprint density at radius 3 is 2.23 bits per heavy atom. The molecule has 0 aliphatic carbocycles. The van der Waals surface area contributed by atoms with Gasteiger partial charge in [0.2, 0.25) is 0 Å². The van der Waals surface area contributed by atoms with E-state index in [9.17, 15) is 8.42 Å². The van der Waals surface area contributed by atoms with Crippen molar-refractivity contribution in [3.63, 3.8) is 0 Å². The van der Waals surface area contributed by atoms with Gasteiger partial charge in [-0.05, 0) is 44.4 Å². The van der Waals surface area contributed by atoms with Gasteiger partial charge >= 0.3 is 0 Å². The molecule has 0 N–H and O–H groups in total. The standard InChI is InChI=1S/C21H22N2O2S/c1-16(2)26(24,25)20-12-9-18(10-13-20)21-15-22-14-19(23-21)11-8-17-6-4-3-5-7-17/h3-7,9-10,12-16H,8,11H2,1-2H3. The zero-order valence-corrected chi connectivity index (χ0v) is 15.8. The number of sulfone groups is 1. The van der Waals surface area contributed by atoms with Crippen molar-refractivity contribution in [2.24, 2.45) is 0 Å². The third-order valence-corrected chi connectivity index (χ3v) is 6.47. The van der Waals surface area contributed by atoms with Crippen LogP contribution in [0.1, 0.15) is 25.1 Å². The lowest BCUT2D eigenvalue weighted by atomic mass is 10.1. The van der Waals surface area contributed by atoms with Gasteiger partial charge in [0, 0.05) is 11.8 Å². The Morgan fingerprint density at radius 1 is 0.885 bits per heavy atom. The van der Waals surface area contributed by atoms with Gasteiger partial charge in [-0.2, -0.15) is 0 Å². The molecule has 1 aromatic heterocycles. The first-order valence-electron chi connectivity index (χ1n) is 8.66. The molecule has 0 spiro atoms. The molecule has 4 nitrogen and oxygen atoms in total. The van der Waals surface area contributed by atoms with Crippen LogP contribution in [0.3, 0.4) is 0 Å². The molecule has 134 valence electrons. The van der Waals surface area contributed by atoms with Crippen LogP contribution in [0.4, 0.5) is 0 Å². The highest BCUT2D eigenvalue weighted by atomic mass is 32.2. The first-order valence-corrected chi connectivity index (χ1v) is 10.2. The summed E-state index contributed by atoms with van der Waals surface area (Å²) in [6.45, 7) is 3.37. The molecule has 0 unspecified atom stereocenters. The molecule has 0 fully saturated rings. The SMILES string of the molecule is CC(C)S(=O)(=O)c1ccc(-c2cncc(CCc3ccccc3)n2)cc1. The summed E-state index contributed by atoms with van der Waals surface area (Å²) >= 11 is 0. The summed E-state index contributed by atoms with van der Waals surface area (Å²) in [5.74, 6) is 0. The Balaban J connectivity index is 1.78. The van der Waals surface area contributed by atoms with E-state index in [1.54, 1.807) is 50.5 Å². The molecule has 0 saturated heterocycles. The van der Waals surface area contributed by atoms with Crippen molar-refractivity contribution >= 4 is 9.84 Å². The number of benzene rings is 2. The summed E-state index contributed by atoms with van der Waals surface area (Å²) in [5, 5.41) is -0.436. The van der Waals surface area contributed by atoms with Crippen LogP contribution in [0.2, 0.25) is 0 Å². The molecule has 5 heteroatoms. The largest absolute Gasteiger partial charge is 0.261 e. The van der Waals surface area contributed by atoms with Crippen molar-refractivity contribution in [3.8, 4) is 11.3 Å². The second-order valence-corrected chi connectivity index (χ2v) is 9.00. The highest BCUT2D eigenvalue weighted by Crippen LogP contribution is 2.22. The highest BCUT2D eigenvalue weighted by Gasteiger charge is 2.18. The van der Waals surface area contributed by atoms with Crippen LogP contribution in [0.15, 0.2) is 71.9 Å². The van der Waals surface area contributed by atoms with E-state index >= 15 is 0 Å². The molecule has 0 saturated carbocycles. The first kappa shape index (κ1) is 18.3. The van der Waals surface area contributed by atoms with Crippen molar-refractivity contribution < 1.29 is 8.42 Å². The van der Waals surface area contributed by atoms with E-state index in [1.807, 2.05) is 18.2 Å². The van der Waals surface area contributed by atoms with E-state index < -0.39 is 15.1 Å². The van der Waals surface area contributed by atoms with Crippen LogP contribution in [-0.4, -0.2) is 23.6 Å². The molecule has 0 radical (unpaired) electrons. The van der Waals surface area contributed by atoms with Crippen molar-refractivity contribution in [2.75, 3.05) is 0 Å². The molecule has 0 atom stereocenters. The van der Waals surface area contributed by atoms with Crippen LogP contribution in [0.25, 0.3) is 11.3 Å². The van der Waals surface area contributed by atoms with Gasteiger partial charge in [0.15, 0.2) is 9.84 Å². The monoisotopic (exact) mass is 366 g/mol. The van der Waals surface area contributed by atoms with Crippen molar-refractivity contribution in [3.05, 3.63) is 78.2 Å². The predicted molar refractivity (Wildman–Crippen MR) is 104 cm³/mol. The van der Waals surface area contributed by atoms with Gasteiger partial charge in [0.25, 0.3) is 0 Å². The van der Waals surface area contributed by atoms with Gasteiger partial charge in [-0.15, -0.1) is 0 Å². The third-order valence-electron chi connectivity index (χ3n) is 4.30. The quantitative estimate of drug-likeness (QED) is 0.659. The van der Waals surface area contributed by atoms with Crippen LogP contribution in [0, 0.1) is 0 Å². The van der Waals surface area contributed by atoms with E-state index in [2.05, 4.69) is 22.1 Å². The predicted octanol–water partition coefficient (Wildman–Crippen LogP) is 4.11. The molecule has 1 heterocycles. The fourth-order valence-corrected chi connectivity index (χ4v) is 3.73. The Bertz CT molecular complexity index is 966. The zero-order valence-electron chi connectivity index (χ0n) is 15.0. The lowest BCUT2D eigenvalue weighted by Gasteiger charge is -2.09. The molecule has 0 aliphatic heterocycles. The molecular weight excluding hydrogens is 344 g/mol. The average Bonchev–Trinajstić information content (AvgIpc) is 2.67. The van der Waals surface area contributed by atoms with Gasteiger partial charge in [-0.25, -0.2) is 13.4 Å². The minimum Gasteiger partial charge on any atom is -0.261 e. The lowest BCUT2D eigenvalue weighted by Crippen LogP contribution is -2.13. The maximum absolute atomic E-state index is 12.2. The summed E-state index contributed by atoms with van der Waals surface area (Å²) < 4.78 is 24.5. The Morgan fingerprint density at radius 2 is 1.58 bits per heavy atom. The summed E-state index contributed by atoms with van der Waals surface area (Å²) in [6.07, 6.45) is 5.21. The Kier molecular flexibility index (Phi) is 5.47. The van der Waals surface area contributed by atoms with E-state index in [1.165, 1.54) is 5.56 Å². The van der Waals surface area contributed by atoms with Gasteiger partial charge in [0.1, 0.15) is 0 Å². The summed E-state index contributed by atoms with van der Waals surface area (Å²) in [4.78, 5) is 9.30. The Hall–Kier alpha value is -2.53. The van der Waals surface area contributed by atoms with Gasteiger partial charge < -0.3 is 0 Å². The van der Waals surface area contributed by atoms with E-state index in [4.69, 9.17) is 0 Å². The van der Waals surface area contributed by atoms with Gasteiger partial charge in [-0.3, -0.25) is 4.98 Å². The molecule has 3 aromatic rings. The molecule has 2 aromatic carbocycles. The molecule has 0 bridgehead atoms. The molecule has 0 aliphatic rings. The van der Waals surface area contributed by atoms with Crippen molar-refractivity contribution in [1.29, 1.82) is 0 Å². The number of aryl methyl sites for hydroxylation is 2. The van der Waals surface area contributed by atoms with Crippen LogP contribution >= 0.6 is 0 Å². The number of hydrogen-bond acceptors (Lipinski definition) is 4. The number of aromatic nitrogens is 2. The summed E-state index contributed by atoms with van der Waals surface area (Å²) in [7, 11) is -3.26.